The van der Waals surface area contributed by atoms with Gasteiger partial charge in [-0.3, -0.25) is 14.9 Å². The third kappa shape index (κ3) is 4.53. The Bertz CT molecular complexity index is 641. The van der Waals surface area contributed by atoms with Gasteiger partial charge < -0.3 is 19.2 Å². The summed E-state index contributed by atoms with van der Waals surface area (Å²) in [7, 11) is 0. The first-order chi connectivity index (χ1) is 11.8. The molecule has 1 saturated heterocycles. The summed E-state index contributed by atoms with van der Waals surface area (Å²) < 4.78 is 15.5. The Kier molecular flexibility index (Phi) is 5.75. The van der Waals surface area contributed by atoms with Crippen molar-refractivity contribution in [3.8, 4) is 11.3 Å². The molecule has 2 aromatic rings. The molecule has 0 radical (unpaired) electrons. The molecule has 1 fully saturated rings. The smallest absolute Gasteiger partial charge is 0.407 e. The summed E-state index contributed by atoms with van der Waals surface area (Å²) >= 11 is 0. The molecule has 0 saturated carbocycles. The van der Waals surface area contributed by atoms with E-state index in [1.807, 2.05) is 0 Å². The van der Waals surface area contributed by atoms with E-state index in [1.54, 1.807) is 31.0 Å². The zero-order valence-electron chi connectivity index (χ0n) is 13.3. The number of carbonyl (C=O) groups excluding carboxylic acids is 1. The second kappa shape index (κ2) is 8.42. The summed E-state index contributed by atoms with van der Waals surface area (Å²) in [5, 5.41) is 2.70. The highest BCUT2D eigenvalue weighted by atomic mass is 16.5. The Labute approximate surface area is 139 Å². The molecule has 8 nitrogen and oxygen atoms in total. The molecule has 0 aromatic carbocycles. The second-order valence-corrected chi connectivity index (χ2v) is 5.31. The summed E-state index contributed by atoms with van der Waals surface area (Å²) in [6.45, 7) is 4.51. The van der Waals surface area contributed by atoms with Crippen molar-refractivity contribution in [1.29, 1.82) is 0 Å². The van der Waals surface area contributed by atoms with E-state index in [4.69, 9.17) is 13.9 Å². The fraction of sp³-hybridized carbons (Fsp3) is 0.438. The molecule has 24 heavy (non-hydrogen) atoms. The Morgan fingerprint density at radius 1 is 1.29 bits per heavy atom. The summed E-state index contributed by atoms with van der Waals surface area (Å²) in [5.41, 5.74) is 2.16. The van der Waals surface area contributed by atoms with Crippen LogP contribution in [0, 0.1) is 0 Å². The topological polar surface area (TPSA) is 89.7 Å². The fourth-order valence-electron chi connectivity index (χ4n) is 2.44. The van der Waals surface area contributed by atoms with Gasteiger partial charge in [-0.1, -0.05) is 0 Å². The second-order valence-electron chi connectivity index (χ2n) is 5.31. The number of rotatable bonds is 6. The molecule has 8 heteroatoms. The zero-order chi connectivity index (χ0) is 16.6. The van der Waals surface area contributed by atoms with Crippen LogP contribution >= 0.6 is 0 Å². The van der Waals surface area contributed by atoms with Crippen LogP contribution in [-0.4, -0.2) is 60.4 Å². The Hall–Kier alpha value is -2.45. The largest absolute Gasteiger partial charge is 0.472 e. The highest BCUT2D eigenvalue weighted by molar-refractivity contribution is 5.68. The van der Waals surface area contributed by atoms with Gasteiger partial charge in [-0.25, -0.2) is 4.79 Å². The number of hydrogen-bond donors (Lipinski definition) is 1. The van der Waals surface area contributed by atoms with Crippen molar-refractivity contribution in [1.82, 2.24) is 20.2 Å². The van der Waals surface area contributed by atoms with E-state index < -0.39 is 6.09 Å². The van der Waals surface area contributed by atoms with E-state index in [2.05, 4.69) is 20.2 Å². The van der Waals surface area contributed by atoms with Crippen molar-refractivity contribution in [2.75, 3.05) is 39.5 Å². The number of morpholine rings is 1. The first-order valence-electron chi connectivity index (χ1n) is 7.86. The van der Waals surface area contributed by atoms with Crippen LogP contribution < -0.4 is 5.32 Å². The van der Waals surface area contributed by atoms with Crippen LogP contribution in [0.2, 0.25) is 0 Å². The molecule has 3 heterocycles. The first-order valence-corrected chi connectivity index (χ1v) is 7.86. The number of carbonyl (C=O) groups is 1. The molecule has 0 aliphatic carbocycles. The van der Waals surface area contributed by atoms with Crippen molar-refractivity contribution in [3.63, 3.8) is 0 Å². The fourth-order valence-corrected chi connectivity index (χ4v) is 2.44. The minimum atomic E-state index is -0.466. The van der Waals surface area contributed by atoms with E-state index in [9.17, 15) is 4.79 Å². The van der Waals surface area contributed by atoms with Gasteiger partial charge in [-0.15, -0.1) is 0 Å². The van der Waals surface area contributed by atoms with Gasteiger partial charge in [0.15, 0.2) is 0 Å². The molecule has 128 valence electrons. The van der Waals surface area contributed by atoms with Crippen LogP contribution in [0.4, 0.5) is 4.79 Å². The average Bonchev–Trinajstić information content (AvgIpc) is 3.16. The number of nitrogens with zero attached hydrogens (tertiary/aromatic N) is 3. The minimum absolute atomic E-state index is 0.241. The number of nitrogens with one attached hydrogen (secondary N) is 1. The first kappa shape index (κ1) is 16.4. The van der Waals surface area contributed by atoms with Crippen molar-refractivity contribution in [3.05, 3.63) is 36.7 Å². The van der Waals surface area contributed by atoms with Gasteiger partial charge in [-0.2, -0.15) is 0 Å². The molecular weight excluding hydrogens is 312 g/mol. The highest BCUT2D eigenvalue weighted by Crippen LogP contribution is 2.19. The molecule has 1 amide bonds. The van der Waals surface area contributed by atoms with E-state index >= 15 is 0 Å². The lowest BCUT2D eigenvalue weighted by Crippen LogP contribution is -2.39. The Morgan fingerprint density at radius 3 is 2.92 bits per heavy atom. The molecule has 3 rings (SSSR count). The average molecular weight is 332 g/mol. The summed E-state index contributed by atoms with van der Waals surface area (Å²) in [5.74, 6) is 0. The van der Waals surface area contributed by atoms with Crippen LogP contribution in [0.3, 0.4) is 0 Å². The lowest BCUT2D eigenvalue weighted by Gasteiger charge is -2.26. The van der Waals surface area contributed by atoms with Crippen LogP contribution in [-0.2, 0) is 16.0 Å². The van der Waals surface area contributed by atoms with Gasteiger partial charge in [0, 0.05) is 37.6 Å². The number of alkyl carbamates (subject to hydrolysis) is 1. The SMILES string of the molecule is O=C(NCc1nccnc1-c1ccoc1)OCCN1CCOCC1. The van der Waals surface area contributed by atoms with Crippen molar-refractivity contribution >= 4 is 6.09 Å². The summed E-state index contributed by atoms with van der Waals surface area (Å²) in [6.07, 6.45) is 5.89. The van der Waals surface area contributed by atoms with Crippen LogP contribution in [0.25, 0.3) is 11.3 Å². The van der Waals surface area contributed by atoms with Gasteiger partial charge in [0.2, 0.25) is 0 Å². The predicted molar refractivity (Wildman–Crippen MR) is 85.2 cm³/mol. The Morgan fingerprint density at radius 2 is 2.12 bits per heavy atom. The molecule has 0 bridgehead atoms. The molecular formula is C16H20N4O4. The molecule has 1 aliphatic heterocycles. The number of furan rings is 1. The number of amides is 1. The minimum Gasteiger partial charge on any atom is -0.472 e. The van der Waals surface area contributed by atoms with Gasteiger partial charge >= 0.3 is 6.09 Å². The molecule has 0 unspecified atom stereocenters. The van der Waals surface area contributed by atoms with E-state index in [0.717, 1.165) is 31.9 Å². The van der Waals surface area contributed by atoms with Gasteiger partial charge in [0.25, 0.3) is 0 Å². The van der Waals surface area contributed by atoms with E-state index in [0.29, 0.717) is 24.5 Å². The number of hydrogen-bond acceptors (Lipinski definition) is 7. The van der Waals surface area contributed by atoms with Crippen molar-refractivity contribution in [2.24, 2.45) is 0 Å². The molecule has 1 N–H and O–H groups in total. The zero-order valence-corrected chi connectivity index (χ0v) is 13.3. The van der Waals surface area contributed by atoms with E-state index in [-0.39, 0.29) is 6.54 Å². The van der Waals surface area contributed by atoms with Crippen molar-refractivity contribution < 1.29 is 18.7 Å². The maximum absolute atomic E-state index is 11.8. The van der Waals surface area contributed by atoms with E-state index in [1.165, 1.54) is 0 Å². The highest BCUT2D eigenvalue weighted by Gasteiger charge is 2.12. The normalized spacial score (nSPS) is 15.2. The quantitative estimate of drug-likeness (QED) is 0.852. The van der Waals surface area contributed by atoms with Gasteiger partial charge in [0.05, 0.1) is 43.7 Å². The lowest BCUT2D eigenvalue weighted by atomic mass is 10.2. The predicted octanol–water partition coefficient (Wildman–Crippen LogP) is 1.29. The van der Waals surface area contributed by atoms with Crippen LogP contribution in [0.15, 0.2) is 35.4 Å². The standard InChI is InChI=1S/C16H20N4O4/c21-16(24-10-6-20-4-8-22-9-5-20)19-11-14-15(18-3-2-17-14)13-1-7-23-12-13/h1-3,7,12H,4-6,8-11H2,(H,19,21). The maximum Gasteiger partial charge on any atom is 0.407 e. The molecule has 2 aromatic heterocycles. The molecule has 0 atom stereocenters. The third-order valence-corrected chi connectivity index (χ3v) is 3.71. The van der Waals surface area contributed by atoms with Gasteiger partial charge in [-0.05, 0) is 6.07 Å². The van der Waals surface area contributed by atoms with Gasteiger partial charge in [0.1, 0.15) is 6.61 Å². The summed E-state index contributed by atoms with van der Waals surface area (Å²) in [4.78, 5) is 22.6. The van der Waals surface area contributed by atoms with Crippen LogP contribution in [0.5, 0.6) is 0 Å². The molecule has 1 aliphatic rings. The monoisotopic (exact) mass is 332 g/mol. The lowest BCUT2D eigenvalue weighted by molar-refractivity contribution is 0.0281. The number of ether oxygens (including phenoxy) is 2. The third-order valence-electron chi connectivity index (χ3n) is 3.71. The number of aromatic nitrogens is 2. The maximum atomic E-state index is 11.8. The van der Waals surface area contributed by atoms with Crippen molar-refractivity contribution in [2.45, 2.75) is 6.54 Å². The Balaban J connectivity index is 1.45. The summed E-state index contributed by atoms with van der Waals surface area (Å²) in [6, 6.07) is 1.80. The molecule has 0 spiro atoms. The van der Waals surface area contributed by atoms with Crippen LogP contribution in [0.1, 0.15) is 5.69 Å².